The summed E-state index contributed by atoms with van der Waals surface area (Å²) in [6.07, 6.45) is 19.5. The SMILES string of the molecule is C1=CC2=NC(=Cn3cc(-c4cncc(N5CCC5)c4)nn3)CN2C=C1CNCC1CCC1. The number of fused-ring (bicyclic) bond motifs is 1. The van der Waals surface area contributed by atoms with Crippen molar-refractivity contribution < 1.29 is 0 Å². The topological polar surface area (TPSA) is 74.5 Å². The zero-order valence-corrected chi connectivity index (χ0v) is 18.2. The van der Waals surface area contributed by atoms with Gasteiger partial charge in [0.1, 0.15) is 11.5 Å². The molecule has 0 unspecified atom stereocenters. The molecule has 1 saturated carbocycles. The average Bonchev–Trinajstić information content (AvgIpc) is 3.35. The first kappa shape index (κ1) is 19.4. The Morgan fingerprint density at radius 3 is 2.88 bits per heavy atom. The highest BCUT2D eigenvalue weighted by molar-refractivity contribution is 5.98. The molecule has 0 aromatic carbocycles. The third kappa shape index (κ3) is 3.98. The Kier molecular flexibility index (Phi) is 5.07. The van der Waals surface area contributed by atoms with Crippen LogP contribution in [0.1, 0.15) is 25.7 Å². The van der Waals surface area contributed by atoms with E-state index in [0.29, 0.717) is 0 Å². The molecule has 0 bridgehead atoms. The lowest BCUT2D eigenvalue weighted by Crippen LogP contribution is -2.36. The van der Waals surface area contributed by atoms with Crippen molar-refractivity contribution in [2.24, 2.45) is 10.9 Å². The monoisotopic (exact) mass is 428 g/mol. The van der Waals surface area contributed by atoms with Crippen molar-refractivity contribution in [3.05, 3.63) is 54.3 Å². The lowest BCUT2D eigenvalue weighted by Gasteiger charge is -2.32. The summed E-state index contributed by atoms with van der Waals surface area (Å²) in [5, 5.41) is 12.2. The van der Waals surface area contributed by atoms with Crippen molar-refractivity contribution in [3.63, 3.8) is 0 Å². The first-order valence-electron chi connectivity index (χ1n) is 11.6. The molecule has 6 rings (SSSR count). The molecule has 1 aliphatic carbocycles. The second kappa shape index (κ2) is 8.35. The zero-order valence-electron chi connectivity index (χ0n) is 18.2. The standard InChI is InChI=1S/C24H28N8/c1-3-18(4-1)10-25-11-19-5-6-24-27-21(15-31(24)14-19)16-32-17-23(28-29-32)20-9-22(13-26-12-20)30-7-2-8-30/h5-6,9,12-14,16-18,25H,1-4,7-8,10-11,15H2. The largest absolute Gasteiger partial charge is 0.370 e. The van der Waals surface area contributed by atoms with Crippen LogP contribution in [-0.2, 0) is 0 Å². The van der Waals surface area contributed by atoms with E-state index in [1.165, 1.54) is 31.3 Å². The molecule has 0 amide bonds. The highest BCUT2D eigenvalue weighted by Crippen LogP contribution is 2.26. The van der Waals surface area contributed by atoms with E-state index >= 15 is 0 Å². The summed E-state index contributed by atoms with van der Waals surface area (Å²) >= 11 is 0. The Labute approximate surface area is 188 Å². The van der Waals surface area contributed by atoms with Gasteiger partial charge in [-0.1, -0.05) is 17.7 Å². The number of hydrogen-bond donors (Lipinski definition) is 1. The zero-order chi connectivity index (χ0) is 21.3. The summed E-state index contributed by atoms with van der Waals surface area (Å²) < 4.78 is 1.75. The molecule has 8 nitrogen and oxygen atoms in total. The number of pyridine rings is 1. The number of anilines is 1. The van der Waals surface area contributed by atoms with Crippen LogP contribution in [0.3, 0.4) is 0 Å². The van der Waals surface area contributed by atoms with Crippen LogP contribution in [0.15, 0.2) is 59.3 Å². The van der Waals surface area contributed by atoms with Crippen LogP contribution >= 0.6 is 0 Å². The summed E-state index contributed by atoms with van der Waals surface area (Å²) in [6.45, 7) is 4.98. The number of nitrogens with one attached hydrogen (secondary N) is 1. The minimum Gasteiger partial charge on any atom is -0.370 e. The van der Waals surface area contributed by atoms with E-state index in [4.69, 9.17) is 4.99 Å². The maximum Gasteiger partial charge on any atom is 0.133 e. The first-order chi connectivity index (χ1) is 15.8. The molecule has 8 heteroatoms. The van der Waals surface area contributed by atoms with Crippen LogP contribution < -0.4 is 10.2 Å². The van der Waals surface area contributed by atoms with Crippen LogP contribution in [0.25, 0.3) is 17.5 Å². The van der Waals surface area contributed by atoms with Crippen LogP contribution in [0.2, 0.25) is 0 Å². The summed E-state index contributed by atoms with van der Waals surface area (Å²) in [5.74, 6) is 1.86. The maximum absolute atomic E-state index is 4.75. The van der Waals surface area contributed by atoms with Gasteiger partial charge in [-0.15, -0.1) is 5.10 Å². The molecule has 1 saturated heterocycles. The summed E-state index contributed by atoms with van der Waals surface area (Å²) in [5.41, 5.74) is 5.21. The Morgan fingerprint density at radius 2 is 2.06 bits per heavy atom. The van der Waals surface area contributed by atoms with Gasteiger partial charge in [0.2, 0.25) is 0 Å². The molecule has 5 heterocycles. The lowest BCUT2D eigenvalue weighted by atomic mass is 9.85. The van der Waals surface area contributed by atoms with Gasteiger partial charge in [-0.3, -0.25) is 4.98 Å². The molecule has 2 aromatic heterocycles. The molecule has 164 valence electrons. The molecule has 2 fully saturated rings. The smallest absolute Gasteiger partial charge is 0.133 e. The van der Waals surface area contributed by atoms with Crippen LogP contribution in [0.5, 0.6) is 0 Å². The van der Waals surface area contributed by atoms with E-state index in [0.717, 1.165) is 67.1 Å². The van der Waals surface area contributed by atoms with Gasteiger partial charge >= 0.3 is 0 Å². The van der Waals surface area contributed by atoms with Crippen LogP contribution in [-0.4, -0.2) is 63.4 Å². The van der Waals surface area contributed by atoms with Gasteiger partial charge in [0.25, 0.3) is 0 Å². The molecule has 32 heavy (non-hydrogen) atoms. The highest BCUT2D eigenvalue weighted by atomic mass is 15.4. The second-order valence-corrected chi connectivity index (χ2v) is 9.04. The number of nitrogens with zero attached hydrogens (tertiary/aromatic N) is 7. The van der Waals surface area contributed by atoms with Crippen molar-refractivity contribution in [2.75, 3.05) is 37.6 Å². The molecule has 0 spiro atoms. The predicted octanol–water partition coefficient (Wildman–Crippen LogP) is 2.91. The van der Waals surface area contributed by atoms with E-state index in [1.54, 1.807) is 4.68 Å². The Bertz CT molecular complexity index is 1120. The fraction of sp³-hybridized carbons (Fsp3) is 0.417. The number of aliphatic imine (C=N–C) groups is 1. The highest BCUT2D eigenvalue weighted by Gasteiger charge is 2.21. The molecule has 2 aromatic rings. The van der Waals surface area contributed by atoms with E-state index in [9.17, 15) is 0 Å². The molecular formula is C24H28N8. The normalized spacial score (nSPS) is 21.3. The third-order valence-corrected chi connectivity index (χ3v) is 6.67. The van der Waals surface area contributed by atoms with E-state index in [-0.39, 0.29) is 0 Å². The molecule has 0 radical (unpaired) electrons. The van der Waals surface area contributed by atoms with Gasteiger partial charge in [0.15, 0.2) is 0 Å². The van der Waals surface area contributed by atoms with Gasteiger partial charge in [0, 0.05) is 37.6 Å². The lowest BCUT2D eigenvalue weighted by molar-refractivity contribution is 0.305. The quantitative estimate of drug-likeness (QED) is 0.731. The first-order valence-corrected chi connectivity index (χ1v) is 11.6. The summed E-state index contributed by atoms with van der Waals surface area (Å²) in [6, 6.07) is 2.14. The Hall–Kier alpha value is -3.26. The van der Waals surface area contributed by atoms with E-state index in [1.807, 2.05) is 24.8 Å². The molecule has 1 N–H and O–H groups in total. The van der Waals surface area contributed by atoms with Gasteiger partial charge < -0.3 is 15.1 Å². The molecule has 4 aliphatic rings. The fourth-order valence-corrected chi connectivity index (χ4v) is 4.40. The van der Waals surface area contributed by atoms with Crippen molar-refractivity contribution >= 4 is 17.7 Å². The van der Waals surface area contributed by atoms with Crippen molar-refractivity contribution in [2.45, 2.75) is 25.7 Å². The number of aromatic nitrogens is 4. The minimum absolute atomic E-state index is 0.743. The fourth-order valence-electron chi connectivity index (χ4n) is 4.40. The Morgan fingerprint density at radius 1 is 1.12 bits per heavy atom. The summed E-state index contributed by atoms with van der Waals surface area (Å²) in [7, 11) is 0. The number of amidine groups is 1. The number of rotatable bonds is 7. The molecule has 3 aliphatic heterocycles. The van der Waals surface area contributed by atoms with Gasteiger partial charge in [0.05, 0.1) is 36.5 Å². The summed E-state index contributed by atoms with van der Waals surface area (Å²) in [4.78, 5) is 13.7. The van der Waals surface area contributed by atoms with E-state index < -0.39 is 0 Å². The molecule has 0 atom stereocenters. The average molecular weight is 429 g/mol. The van der Waals surface area contributed by atoms with Gasteiger partial charge in [-0.25, -0.2) is 9.67 Å². The van der Waals surface area contributed by atoms with Crippen molar-refractivity contribution in [1.82, 2.24) is 30.2 Å². The predicted molar refractivity (Wildman–Crippen MR) is 126 cm³/mol. The van der Waals surface area contributed by atoms with Crippen LogP contribution in [0, 0.1) is 5.92 Å². The van der Waals surface area contributed by atoms with E-state index in [2.05, 4.69) is 54.8 Å². The van der Waals surface area contributed by atoms with Crippen LogP contribution in [0.4, 0.5) is 5.69 Å². The van der Waals surface area contributed by atoms with Gasteiger partial charge in [-0.05, 0) is 49.4 Å². The maximum atomic E-state index is 4.75. The molecular weight excluding hydrogens is 400 g/mol. The van der Waals surface area contributed by atoms with Gasteiger partial charge in [-0.2, -0.15) is 0 Å². The number of hydrogen-bond acceptors (Lipinski definition) is 7. The van der Waals surface area contributed by atoms with Crippen molar-refractivity contribution in [3.8, 4) is 11.3 Å². The second-order valence-electron chi connectivity index (χ2n) is 9.04. The third-order valence-electron chi connectivity index (χ3n) is 6.67. The Balaban J connectivity index is 1.11. The van der Waals surface area contributed by atoms with Crippen molar-refractivity contribution in [1.29, 1.82) is 0 Å². The minimum atomic E-state index is 0.743.